The normalized spacial score (nSPS) is 16.1. The van der Waals surface area contributed by atoms with Gasteiger partial charge in [-0.2, -0.15) is 0 Å². The van der Waals surface area contributed by atoms with E-state index in [1.54, 1.807) is 20.3 Å². The maximum atomic E-state index is 12.6. The molecule has 29 heavy (non-hydrogen) atoms. The number of anilines is 1. The number of carboxylic acid groups (broad SMARTS) is 1. The molecule has 0 radical (unpaired) electrons. The third-order valence-corrected chi connectivity index (χ3v) is 4.78. The summed E-state index contributed by atoms with van der Waals surface area (Å²) in [5.41, 5.74) is 1.52. The first kappa shape index (κ1) is 20.2. The van der Waals surface area contributed by atoms with Gasteiger partial charge in [0.05, 0.1) is 26.6 Å². The van der Waals surface area contributed by atoms with Crippen LogP contribution in [0.25, 0.3) is 0 Å². The average molecular weight is 397 g/mol. The first-order valence-corrected chi connectivity index (χ1v) is 9.06. The standard InChI is InChI=1S/C21H22N2O6/c1-28-17-8-3-13(11-18(17)29-2)9-10-23-19(24)12-16(20(23)25)22-15-6-4-14(5-7-15)21(26)27/h3-8,11,16,22H,9-10,12H2,1-2H3,(H,26,27)/p-1/t16-/m0/s1. The molecule has 2 aromatic carbocycles. The molecular weight excluding hydrogens is 376 g/mol. The largest absolute Gasteiger partial charge is 0.545 e. The minimum absolute atomic E-state index is 0.0425. The highest BCUT2D eigenvalue weighted by atomic mass is 16.5. The van der Waals surface area contributed by atoms with Gasteiger partial charge in [-0.15, -0.1) is 0 Å². The Bertz CT molecular complexity index is 925. The van der Waals surface area contributed by atoms with Crippen LogP contribution in [0.5, 0.6) is 11.5 Å². The molecule has 1 saturated heterocycles. The number of carboxylic acids is 1. The van der Waals surface area contributed by atoms with Crippen LogP contribution in [-0.2, 0) is 16.0 Å². The highest BCUT2D eigenvalue weighted by Gasteiger charge is 2.38. The molecule has 0 aromatic heterocycles. The topological polar surface area (TPSA) is 108 Å². The number of likely N-dealkylation sites (tertiary alicyclic amines) is 1. The molecule has 1 aliphatic rings. The molecule has 8 heteroatoms. The Labute approximate surface area is 168 Å². The fraction of sp³-hybridized carbons (Fsp3) is 0.286. The number of hydrogen-bond donors (Lipinski definition) is 1. The summed E-state index contributed by atoms with van der Waals surface area (Å²) in [6, 6.07) is 10.6. The lowest BCUT2D eigenvalue weighted by Gasteiger charge is -2.17. The Morgan fingerprint density at radius 1 is 1.10 bits per heavy atom. The van der Waals surface area contributed by atoms with Crippen molar-refractivity contribution in [2.75, 3.05) is 26.1 Å². The van der Waals surface area contributed by atoms with Crippen molar-refractivity contribution in [2.45, 2.75) is 18.9 Å². The first-order chi connectivity index (χ1) is 13.9. The second kappa shape index (κ2) is 8.64. The molecule has 2 amide bonds. The third kappa shape index (κ3) is 4.48. The number of rotatable bonds is 8. The summed E-state index contributed by atoms with van der Waals surface area (Å²) in [4.78, 5) is 37.0. The lowest BCUT2D eigenvalue weighted by molar-refractivity contribution is -0.255. The van der Waals surface area contributed by atoms with Crippen molar-refractivity contribution in [3.8, 4) is 11.5 Å². The summed E-state index contributed by atoms with van der Waals surface area (Å²) in [5.74, 6) is -0.633. The van der Waals surface area contributed by atoms with Gasteiger partial charge in [-0.1, -0.05) is 18.2 Å². The smallest absolute Gasteiger partial charge is 0.252 e. The molecular formula is C21H21N2O6-. The van der Waals surface area contributed by atoms with E-state index in [0.29, 0.717) is 23.6 Å². The molecule has 0 aliphatic carbocycles. The van der Waals surface area contributed by atoms with Crippen LogP contribution in [0, 0.1) is 0 Å². The number of nitrogens with zero attached hydrogens (tertiary/aromatic N) is 1. The molecule has 1 fully saturated rings. The summed E-state index contributed by atoms with van der Waals surface area (Å²) in [6.45, 7) is 0.259. The Hall–Kier alpha value is -3.55. The molecule has 0 spiro atoms. The van der Waals surface area contributed by atoms with E-state index in [1.165, 1.54) is 29.2 Å². The van der Waals surface area contributed by atoms with Crippen LogP contribution in [0.15, 0.2) is 42.5 Å². The molecule has 0 saturated carbocycles. The number of nitrogens with one attached hydrogen (secondary N) is 1. The molecule has 3 rings (SSSR count). The highest BCUT2D eigenvalue weighted by Crippen LogP contribution is 2.28. The second-order valence-corrected chi connectivity index (χ2v) is 6.59. The van der Waals surface area contributed by atoms with Crippen LogP contribution in [0.3, 0.4) is 0 Å². The third-order valence-electron chi connectivity index (χ3n) is 4.78. The molecule has 0 bridgehead atoms. The molecule has 2 aromatic rings. The van der Waals surface area contributed by atoms with Crippen LogP contribution in [0.4, 0.5) is 5.69 Å². The van der Waals surface area contributed by atoms with E-state index in [9.17, 15) is 19.5 Å². The number of aromatic carboxylic acids is 1. The Morgan fingerprint density at radius 2 is 1.79 bits per heavy atom. The number of amides is 2. The van der Waals surface area contributed by atoms with Gasteiger partial charge in [0.2, 0.25) is 5.91 Å². The zero-order chi connectivity index (χ0) is 21.0. The van der Waals surface area contributed by atoms with Gasteiger partial charge in [0.25, 0.3) is 5.91 Å². The van der Waals surface area contributed by atoms with Crippen molar-refractivity contribution in [3.63, 3.8) is 0 Å². The van der Waals surface area contributed by atoms with E-state index >= 15 is 0 Å². The van der Waals surface area contributed by atoms with Crippen LogP contribution < -0.4 is 19.9 Å². The molecule has 1 heterocycles. The van der Waals surface area contributed by atoms with E-state index in [1.807, 2.05) is 12.1 Å². The number of methoxy groups -OCH3 is 2. The van der Waals surface area contributed by atoms with Gasteiger partial charge in [0.15, 0.2) is 11.5 Å². The van der Waals surface area contributed by atoms with Gasteiger partial charge in [0.1, 0.15) is 6.04 Å². The quantitative estimate of drug-likeness (QED) is 0.658. The van der Waals surface area contributed by atoms with Crippen LogP contribution >= 0.6 is 0 Å². The van der Waals surface area contributed by atoms with E-state index in [4.69, 9.17) is 9.47 Å². The average Bonchev–Trinajstić information content (AvgIpc) is 2.99. The van der Waals surface area contributed by atoms with Crippen LogP contribution in [0.2, 0.25) is 0 Å². The number of imide groups is 1. The van der Waals surface area contributed by atoms with Crippen LogP contribution in [0.1, 0.15) is 22.3 Å². The van der Waals surface area contributed by atoms with Gasteiger partial charge < -0.3 is 24.7 Å². The van der Waals surface area contributed by atoms with Gasteiger partial charge in [-0.05, 0) is 41.8 Å². The summed E-state index contributed by atoms with van der Waals surface area (Å²) in [7, 11) is 3.10. The molecule has 152 valence electrons. The van der Waals surface area contributed by atoms with Crippen LogP contribution in [-0.4, -0.2) is 49.5 Å². The van der Waals surface area contributed by atoms with Crippen molar-refractivity contribution >= 4 is 23.5 Å². The minimum Gasteiger partial charge on any atom is -0.545 e. The number of ether oxygens (including phenoxy) is 2. The minimum atomic E-state index is -1.27. The summed E-state index contributed by atoms with van der Waals surface area (Å²) >= 11 is 0. The monoisotopic (exact) mass is 397 g/mol. The van der Waals surface area contributed by atoms with E-state index in [2.05, 4.69) is 5.32 Å². The van der Waals surface area contributed by atoms with Gasteiger partial charge in [0, 0.05) is 12.2 Å². The first-order valence-electron chi connectivity index (χ1n) is 9.06. The van der Waals surface area contributed by atoms with Gasteiger partial charge >= 0.3 is 0 Å². The zero-order valence-electron chi connectivity index (χ0n) is 16.1. The number of carbonyl (C=O) groups is 3. The van der Waals surface area contributed by atoms with E-state index in [-0.39, 0.29) is 30.3 Å². The van der Waals surface area contributed by atoms with Crippen molar-refractivity contribution in [1.29, 1.82) is 0 Å². The second-order valence-electron chi connectivity index (χ2n) is 6.59. The number of carbonyl (C=O) groups excluding carboxylic acids is 3. The maximum Gasteiger partial charge on any atom is 0.252 e. The maximum absolute atomic E-state index is 12.6. The molecule has 8 nitrogen and oxygen atoms in total. The molecule has 1 N–H and O–H groups in total. The van der Waals surface area contributed by atoms with E-state index < -0.39 is 12.0 Å². The van der Waals surface area contributed by atoms with Gasteiger partial charge in [-0.25, -0.2) is 0 Å². The Balaban J connectivity index is 1.62. The van der Waals surface area contributed by atoms with Crippen molar-refractivity contribution < 1.29 is 29.0 Å². The van der Waals surface area contributed by atoms with Crippen molar-refractivity contribution in [2.24, 2.45) is 0 Å². The highest BCUT2D eigenvalue weighted by molar-refractivity contribution is 6.06. The Morgan fingerprint density at radius 3 is 2.41 bits per heavy atom. The lowest BCUT2D eigenvalue weighted by Crippen LogP contribution is -2.36. The molecule has 1 aliphatic heterocycles. The predicted octanol–water partition coefficient (Wildman–Crippen LogP) is 0.849. The number of hydrogen-bond acceptors (Lipinski definition) is 7. The fourth-order valence-corrected chi connectivity index (χ4v) is 3.21. The summed E-state index contributed by atoms with van der Waals surface area (Å²) in [6.07, 6.45) is 0.540. The zero-order valence-corrected chi connectivity index (χ0v) is 16.1. The van der Waals surface area contributed by atoms with Crippen molar-refractivity contribution in [3.05, 3.63) is 53.6 Å². The fourth-order valence-electron chi connectivity index (χ4n) is 3.21. The van der Waals surface area contributed by atoms with E-state index in [0.717, 1.165) is 5.56 Å². The van der Waals surface area contributed by atoms with Crippen molar-refractivity contribution in [1.82, 2.24) is 4.90 Å². The lowest BCUT2D eigenvalue weighted by atomic mass is 10.1. The molecule has 0 unspecified atom stereocenters. The Kier molecular flexibility index (Phi) is 6.01. The molecule has 1 atom stereocenters. The predicted molar refractivity (Wildman–Crippen MR) is 103 cm³/mol. The number of benzene rings is 2. The summed E-state index contributed by atoms with van der Waals surface area (Å²) < 4.78 is 10.5. The SMILES string of the molecule is COc1ccc(CCN2C(=O)C[C@H](Nc3ccc(C(=O)[O-])cc3)C2=O)cc1OC. The van der Waals surface area contributed by atoms with Gasteiger partial charge in [-0.3, -0.25) is 14.5 Å². The summed E-state index contributed by atoms with van der Waals surface area (Å²) in [5, 5.41) is 13.8.